The van der Waals surface area contributed by atoms with Crippen molar-refractivity contribution in [2.45, 2.75) is 0 Å². The number of methoxy groups -OCH3 is 1. The van der Waals surface area contributed by atoms with Crippen molar-refractivity contribution in [3.63, 3.8) is 0 Å². The Kier molecular flexibility index (Phi) is 5.00. The van der Waals surface area contributed by atoms with Gasteiger partial charge in [-0.3, -0.25) is 4.79 Å². The standard InChI is InChI=1S/C15H13ClFNO3/c1-20-12-7-2-3-8-13(12)21-9-14(19)18-11-6-4-5-10(16)15(11)17/h2-8H,9H2,1H3,(H,18,19). The van der Waals surface area contributed by atoms with Crippen molar-refractivity contribution in [1.82, 2.24) is 0 Å². The average molecular weight is 310 g/mol. The highest BCUT2D eigenvalue weighted by Crippen LogP contribution is 2.26. The van der Waals surface area contributed by atoms with Gasteiger partial charge < -0.3 is 14.8 Å². The second kappa shape index (κ2) is 6.95. The highest BCUT2D eigenvalue weighted by molar-refractivity contribution is 6.31. The van der Waals surface area contributed by atoms with Crippen LogP contribution in [0.25, 0.3) is 0 Å². The molecule has 4 nitrogen and oxygen atoms in total. The molecule has 2 rings (SSSR count). The molecular formula is C15H13ClFNO3. The molecule has 0 saturated carbocycles. The van der Waals surface area contributed by atoms with Crippen LogP contribution in [0, 0.1) is 5.82 Å². The van der Waals surface area contributed by atoms with Gasteiger partial charge in [-0.2, -0.15) is 0 Å². The van der Waals surface area contributed by atoms with E-state index in [4.69, 9.17) is 21.1 Å². The minimum absolute atomic E-state index is 0.0103. The molecule has 2 aromatic carbocycles. The first kappa shape index (κ1) is 15.1. The van der Waals surface area contributed by atoms with Gasteiger partial charge in [-0.25, -0.2) is 4.39 Å². The van der Waals surface area contributed by atoms with Crippen molar-refractivity contribution < 1.29 is 18.7 Å². The quantitative estimate of drug-likeness (QED) is 0.919. The first-order valence-corrected chi connectivity index (χ1v) is 6.49. The van der Waals surface area contributed by atoms with Crippen LogP contribution in [0.5, 0.6) is 11.5 Å². The van der Waals surface area contributed by atoms with Crippen LogP contribution in [0.3, 0.4) is 0 Å². The normalized spacial score (nSPS) is 10.0. The fourth-order valence-corrected chi connectivity index (χ4v) is 1.84. The molecule has 0 aliphatic rings. The van der Waals surface area contributed by atoms with Gasteiger partial charge in [0, 0.05) is 0 Å². The molecule has 110 valence electrons. The van der Waals surface area contributed by atoms with Gasteiger partial charge in [0.25, 0.3) is 5.91 Å². The number of hydrogen-bond donors (Lipinski definition) is 1. The summed E-state index contributed by atoms with van der Waals surface area (Å²) in [4.78, 5) is 11.8. The molecule has 0 fully saturated rings. The SMILES string of the molecule is COc1ccccc1OCC(=O)Nc1cccc(Cl)c1F. The van der Waals surface area contributed by atoms with E-state index in [0.717, 1.165) is 0 Å². The molecule has 0 spiro atoms. The summed E-state index contributed by atoms with van der Waals surface area (Å²) in [5.41, 5.74) is 0.0103. The predicted octanol–water partition coefficient (Wildman–Crippen LogP) is 3.51. The minimum atomic E-state index is -0.676. The Morgan fingerprint density at radius 3 is 2.62 bits per heavy atom. The van der Waals surface area contributed by atoms with E-state index >= 15 is 0 Å². The summed E-state index contributed by atoms with van der Waals surface area (Å²) >= 11 is 5.64. The molecule has 0 unspecified atom stereocenters. The maximum atomic E-state index is 13.6. The van der Waals surface area contributed by atoms with Crippen LogP contribution in [0.2, 0.25) is 5.02 Å². The van der Waals surface area contributed by atoms with Crippen molar-refractivity contribution in [3.05, 3.63) is 53.3 Å². The molecule has 0 aromatic heterocycles. The van der Waals surface area contributed by atoms with Crippen LogP contribution in [0.4, 0.5) is 10.1 Å². The number of anilines is 1. The maximum absolute atomic E-state index is 13.6. The number of halogens is 2. The third-order valence-corrected chi connectivity index (χ3v) is 2.95. The third-order valence-electron chi connectivity index (χ3n) is 2.65. The fourth-order valence-electron chi connectivity index (χ4n) is 1.67. The highest BCUT2D eigenvalue weighted by atomic mass is 35.5. The topological polar surface area (TPSA) is 47.6 Å². The Balaban J connectivity index is 1.98. The lowest BCUT2D eigenvalue weighted by Crippen LogP contribution is -2.21. The summed E-state index contributed by atoms with van der Waals surface area (Å²) < 4.78 is 24.1. The maximum Gasteiger partial charge on any atom is 0.262 e. The number of amides is 1. The highest BCUT2D eigenvalue weighted by Gasteiger charge is 2.11. The average Bonchev–Trinajstić information content (AvgIpc) is 2.50. The van der Waals surface area contributed by atoms with E-state index in [1.807, 2.05) is 0 Å². The molecule has 0 saturated heterocycles. The predicted molar refractivity (Wildman–Crippen MR) is 78.5 cm³/mol. The zero-order chi connectivity index (χ0) is 15.2. The number of rotatable bonds is 5. The van der Waals surface area contributed by atoms with Gasteiger partial charge in [-0.05, 0) is 24.3 Å². The Morgan fingerprint density at radius 2 is 1.90 bits per heavy atom. The number of ether oxygens (including phenoxy) is 2. The molecule has 2 aromatic rings. The number of para-hydroxylation sites is 2. The Labute approximate surface area is 126 Å². The number of benzene rings is 2. The monoisotopic (exact) mass is 309 g/mol. The van der Waals surface area contributed by atoms with Crippen LogP contribution < -0.4 is 14.8 Å². The minimum Gasteiger partial charge on any atom is -0.493 e. The van der Waals surface area contributed by atoms with Gasteiger partial charge in [-0.1, -0.05) is 29.8 Å². The van der Waals surface area contributed by atoms with E-state index in [0.29, 0.717) is 11.5 Å². The molecule has 0 bridgehead atoms. The van der Waals surface area contributed by atoms with Crippen LogP contribution >= 0.6 is 11.6 Å². The van der Waals surface area contributed by atoms with Gasteiger partial charge in [0.05, 0.1) is 17.8 Å². The molecule has 1 N–H and O–H groups in total. The third kappa shape index (κ3) is 3.86. The van der Waals surface area contributed by atoms with Gasteiger partial charge in [-0.15, -0.1) is 0 Å². The fraction of sp³-hybridized carbons (Fsp3) is 0.133. The summed E-state index contributed by atoms with van der Waals surface area (Å²) in [6, 6.07) is 11.3. The summed E-state index contributed by atoms with van der Waals surface area (Å²) in [5.74, 6) is -0.229. The summed E-state index contributed by atoms with van der Waals surface area (Å²) in [7, 11) is 1.50. The smallest absolute Gasteiger partial charge is 0.262 e. The van der Waals surface area contributed by atoms with E-state index in [2.05, 4.69) is 5.32 Å². The molecule has 21 heavy (non-hydrogen) atoms. The van der Waals surface area contributed by atoms with Crippen molar-refractivity contribution in [1.29, 1.82) is 0 Å². The Bertz CT molecular complexity index is 649. The zero-order valence-electron chi connectivity index (χ0n) is 11.2. The van der Waals surface area contributed by atoms with Crippen molar-refractivity contribution in [2.24, 2.45) is 0 Å². The summed E-state index contributed by atoms with van der Waals surface area (Å²) in [6.07, 6.45) is 0. The molecular weight excluding hydrogens is 297 g/mol. The van der Waals surface area contributed by atoms with E-state index < -0.39 is 11.7 Å². The molecule has 0 heterocycles. The summed E-state index contributed by atoms with van der Waals surface area (Å²) in [5, 5.41) is 2.34. The van der Waals surface area contributed by atoms with Crippen LogP contribution in [-0.4, -0.2) is 19.6 Å². The molecule has 1 amide bonds. The van der Waals surface area contributed by atoms with Crippen LogP contribution in [0.15, 0.2) is 42.5 Å². The molecule has 0 atom stereocenters. The number of hydrogen-bond acceptors (Lipinski definition) is 3. The lowest BCUT2D eigenvalue weighted by Gasteiger charge is -2.11. The van der Waals surface area contributed by atoms with Crippen molar-refractivity contribution >= 4 is 23.2 Å². The van der Waals surface area contributed by atoms with E-state index in [9.17, 15) is 9.18 Å². The second-order valence-corrected chi connectivity index (χ2v) is 4.50. The Hall–Kier alpha value is -2.27. The van der Waals surface area contributed by atoms with Crippen molar-refractivity contribution in [2.75, 3.05) is 19.0 Å². The van der Waals surface area contributed by atoms with Gasteiger partial charge >= 0.3 is 0 Å². The number of carbonyl (C=O) groups is 1. The molecule has 6 heteroatoms. The van der Waals surface area contributed by atoms with E-state index in [1.54, 1.807) is 30.3 Å². The van der Waals surface area contributed by atoms with E-state index in [1.165, 1.54) is 19.2 Å². The second-order valence-electron chi connectivity index (χ2n) is 4.09. The van der Waals surface area contributed by atoms with E-state index in [-0.39, 0.29) is 17.3 Å². The first-order valence-electron chi connectivity index (χ1n) is 6.11. The Morgan fingerprint density at radius 1 is 1.19 bits per heavy atom. The number of nitrogens with one attached hydrogen (secondary N) is 1. The molecule has 0 aliphatic heterocycles. The van der Waals surface area contributed by atoms with Gasteiger partial charge in [0.1, 0.15) is 0 Å². The van der Waals surface area contributed by atoms with Crippen LogP contribution in [-0.2, 0) is 4.79 Å². The molecule has 0 aliphatic carbocycles. The molecule has 0 radical (unpaired) electrons. The number of carbonyl (C=O) groups excluding carboxylic acids is 1. The first-order chi connectivity index (χ1) is 10.1. The van der Waals surface area contributed by atoms with Crippen molar-refractivity contribution in [3.8, 4) is 11.5 Å². The van der Waals surface area contributed by atoms with Gasteiger partial charge in [0.15, 0.2) is 23.9 Å². The summed E-state index contributed by atoms with van der Waals surface area (Å²) in [6.45, 7) is -0.272. The van der Waals surface area contributed by atoms with Crippen LogP contribution in [0.1, 0.15) is 0 Å². The zero-order valence-corrected chi connectivity index (χ0v) is 12.0. The lowest BCUT2D eigenvalue weighted by molar-refractivity contribution is -0.118. The largest absolute Gasteiger partial charge is 0.493 e. The van der Waals surface area contributed by atoms with Gasteiger partial charge in [0.2, 0.25) is 0 Å². The lowest BCUT2D eigenvalue weighted by atomic mass is 10.3.